The molecule has 0 aliphatic carbocycles. The molecule has 0 saturated heterocycles. The van der Waals surface area contributed by atoms with Gasteiger partial charge >= 0.3 is 0 Å². The molecule has 0 spiro atoms. The molecule has 11 heavy (non-hydrogen) atoms. The number of hydrogen-bond donors (Lipinski definition) is 0. The van der Waals surface area contributed by atoms with Gasteiger partial charge in [-0.3, -0.25) is 4.98 Å². The maximum Gasteiger partial charge on any atom is 0.130 e. The number of nitrogens with zero attached hydrogens (tertiary/aromatic N) is 1. The Balaban J connectivity index is 0. The van der Waals surface area contributed by atoms with Crippen molar-refractivity contribution in [2.75, 3.05) is 0 Å². The van der Waals surface area contributed by atoms with E-state index in [4.69, 9.17) is 0 Å². The van der Waals surface area contributed by atoms with E-state index in [1.54, 1.807) is 6.92 Å². The van der Waals surface area contributed by atoms with Gasteiger partial charge < -0.3 is 0 Å². The fourth-order valence-corrected chi connectivity index (χ4v) is 0.453. The zero-order chi connectivity index (χ0) is 7.98. The van der Waals surface area contributed by atoms with Crippen molar-refractivity contribution in [2.24, 2.45) is 0 Å². The number of aryl methyl sites for hydroxylation is 1. The molecule has 1 aromatic rings. The SMILES string of the molecule is CC.Cc1[c-]cnc(F)c1.[Y]. The van der Waals surface area contributed by atoms with Crippen LogP contribution in [0.1, 0.15) is 19.4 Å². The van der Waals surface area contributed by atoms with Crippen molar-refractivity contribution in [3.05, 3.63) is 29.8 Å². The molecular weight excluding hydrogens is 218 g/mol. The van der Waals surface area contributed by atoms with Crippen molar-refractivity contribution < 1.29 is 37.1 Å². The summed E-state index contributed by atoms with van der Waals surface area (Å²) < 4.78 is 12.0. The minimum atomic E-state index is -0.443. The Bertz CT molecular complexity index is 174. The molecule has 1 radical (unpaired) electrons. The van der Waals surface area contributed by atoms with E-state index in [1.807, 2.05) is 13.8 Å². The maximum absolute atomic E-state index is 12.0. The summed E-state index contributed by atoms with van der Waals surface area (Å²) >= 11 is 0. The monoisotopic (exact) mass is 229 g/mol. The second kappa shape index (κ2) is 8.28. The summed E-state index contributed by atoms with van der Waals surface area (Å²) in [6.07, 6.45) is 1.32. The van der Waals surface area contributed by atoms with Gasteiger partial charge in [-0.1, -0.05) is 27.0 Å². The number of hydrogen-bond acceptors (Lipinski definition) is 1. The molecule has 1 rings (SSSR count). The van der Waals surface area contributed by atoms with Crippen LogP contribution in [-0.2, 0) is 32.7 Å². The molecule has 0 aliphatic rings. The average Bonchev–Trinajstić information content (AvgIpc) is 1.91. The molecule has 0 saturated carbocycles. The van der Waals surface area contributed by atoms with Gasteiger partial charge in [0.05, 0.1) is 0 Å². The fourth-order valence-electron chi connectivity index (χ4n) is 0.453. The van der Waals surface area contributed by atoms with Crippen molar-refractivity contribution >= 4 is 0 Å². The minimum absolute atomic E-state index is 0. The molecule has 1 nitrogen and oxygen atoms in total. The van der Waals surface area contributed by atoms with Crippen LogP contribution in [0.2, 0.25) is 0 Å². The summed E-state index contributed by atoms with van der Waals surface area (Å²) in [6, 6.07) is 4.05. The van der Waals surface area contributed by atoms with Gasteiger partial charge in [-0.05, 0) is 0 Å². The summed E-state index contributed by atoms with van der Waals surface area (Å²) in [6.45, 7) is 5.77. The maximum atomic E-state index is 12.0. The predicted molar refractivity (Wildman–Crippen MR) is 39.1 cm³/mol. The molecular formula is C8H11FNY-. The molecule has 0 bridgehead atoms. The van der Waals surface area contributed by atoms with Gasteiger partial charge in [0.1, 0.15) is 5.95 Å². The number of halogens is 1. The van der Waals surface area contributed by atoms with E-state index in [0.29, 0.717) is 0 Å². The van der Waals surface area contributed by atoms with Crippen LogP contribution in [0.3, 0.4) is 0 Å². The van der Waals surface area contributed by atoms with Crippen LogP contribution in [-0.4, -0.2) is 4.98 Å². The van der Waals surface area contributed by atoms with Gasteiger partial charge in [-0.25, -0.2) is 16.0 Å². The molecule has 0 aromatic carbocycles. The van der Waals surface area contributed by atoms with E-state index in [9.17, 15) is 4.39 Å². The van der Waals surface area contributed by atoms with Crippen LogP contribution in [0.4, 0.5) is 4.39 Å². The molecule has 3 heteroatoms. The van der Waals surface area contributed by atoms with Gasteiger partial charge in [-0.15, -0.1) is 0 Å². The first kappa shape index (κ1) is 13.8. The topological polar surface area (TPSA) is 12.9 Å². The summed E-state index contributed by atoms with van der Waals surface area (Å²) in [5.41, 5.74) is 0.775. The van der Waals surface area contributed by atoms with Crippen molar-refractivity contribution in [2.45, 2.75) is 20.8 Å². The van der Waals surface area contributed by atoms with Gasteiger partial charge in [-0.2, -0.15) is 6.07 Å². The molecule has 1 heterocycles. The zero-order valence-corrected chi connectivity index (χ0v) is 9.90. The molecule has 0 aliphatic heterocycles. The summed E-state index contributed by atoms with van der Waals surface area (Å²) in [7, 11) is 0. The standard InChI is InChI=1S/C6H5FN.C2H6.Y/c1-5-2-3-8-6(7)4-5;1-2;/h3-4H,1H3;1-2H3;/q-1;;. The molecule has 0 fully saturated rings. The second-order valence-electron chi connectivity index (χ2n) is 1.55. The van der Waals surface area contributed by atoms with Crippen LogP contribution >= 0.6 is 0 Å². The van der Waals surface area contributed by atoms with Crippen LogP contribution < -0.4 is 0 Å². The van der Waals surface area contributed by atoms with Crippen LogP contribution in [0.15, 0.2) is 12.3 Å². The van der Waals surface area contributed by atoms with Crippen molar-refractivity contribution in [3.8, 4) is 0 Å². The normalized spacial score (nSPS) is 7.27. The Morgan fingerprint density at radius 1 is 1.45 bits per heavy atom. The number of aromatic nitrogens is 1. The van der Waals surface area contributed by atoms with Crippen LogP contribution in [0.5, 0.6) is 0 Å². The van der Waals surface area contributed by atoms with Gasteiger partial charge in [0.2, 0.25) is 0 Å². The summed E-state index contributed by atoms with van der Waals surface area (Å²) in [5, 5.41) is 0. The Labute approximate surface area is 92.3 Å². The summed E-state index contributed by atoms with van der Waals surface area (Å²) in [5.74, 6) is -0.443. The quantitative estimate of drug-likeness (QED) is 0.491. The molecule has 0 amide bonds. The van der Waals surface area contributed by atoms with Gasteiger partial charge in [0, 0.05) is 32.7 Å². The summed E-state index contributed by atoms with van der Waals surface area (Å²) in [4.78, 5) is 3.32. The largest absolute Gasteiger partial charge is 0.266 e. The third-order valence-corrected chi connectivity index (χ3v) is 0.816. The Kier molecular flexibility index (Phi) is 10.4. The smallest absolute Gasteiger partial charge is 0.130 e. The second-order valence-corrected chi connectivity index (χ2v) is 1.55. The fraction of sp³-hybridized carbons (Fsp3) is 0.375. The van der Waals surface area contributed by atoms with Crippen LogP contribution in [0, 0.1) is 18.9 Å². The zero-order valence-electron chi connectivity index (χ0n) is 7.06. The Morgan fingerprint density at radius 2 is 2.00 bits per heavy atom. The number of rotatable bonds is 0. The molecule has 1 aromatic heterocycles. The molecule has 0 unspecified atom stereocenters. The molecule has 59 valence electrons. The third-order valence-electron chi connectivity index (χ3n) is 0.816. The Morgan fingerprint density at radius 3 is 2.27 bits per heavy atom. The molecule has 0 N–H and O–H groups in total. The van der Waals surface area contributed by atoms with Crippen molar-refractivity contribution in [1.29, 1.82) is 0 Å². The minimum Gasteiger partial charge on any atom is -0.266 e. The van der Waals surface area contributed by atoms with Gasteiger partial charge in [0.25, 0.3) is 0 Å². The first-order valence-corrected chi connectivity index (χ1v) is 3.29. The van der Waals surface area contributed by atoms with E-state index >= 15 is 0 Å². The number of pyridine rings is 1. The first-order valence-electron chi connectivity index (χ1n) is 3.29. The van der Waals surface area contributed by atoms with E-state index in [2.05, 4.69) is 11.1 Å². The van der Waals surface area contributed by atoms with E-state index < -0.39 is 5.95 Å². The predicted octanol–water partition coefficient (Wildman–Crippen LogP) is 2.35. The van der Waals surface area contributed by atoms with Crippen LogP contribution in [0.25, 0.3) is 0 Å². The molecule has 0 atom stereocenters. The Hall–Kier alpha value is 0.184. The first-order chi connectivity index (χ1) is 4.79. The van der Waals surface area contributed by atoms with Gasteiger partial charge in [0.15, 0.2) is 0 Å². The van der Waals surface area contributed by atoms with Crippen molar-refractivity contribution in [1.82, 2.24) is 4.98 Å². The van der Waals surface area contributed by atoms with E-state index in [0.717, 1.165) is 5.56 Å². The van der Waals surface area contributed by atoms with E-state index in [-0.39, 0.29) is 32.7 Å². The average molecular weight is 229 g/mol. The third kappa shape index (κ3) is 6.58. The van der Waals surface area contributed by atoms with E-state index in [1.165, 1.54) is 12.3 Å². The van der Waals surface area contributed by atoms with Crippen molar-refractivity contribution in [3.63, 3.8) is 0 Å².